The number of hydrogen-bond acceptors (Lipinski definition) is 3. The number of rotatable bonds is 6. The van der Waals surface area contributed by atoms with Crippen LogP contribution in [0, 0.1) is 34.6 Å². The second kappa shape index (κ2) is 9.53. The van der Waals surface area contributed by atoms with Crippen molar-refractivity contribution >= 4 is 15.9 Å². The standard InChI is InChI=1S/C25H34N2O3S/c1-17-18(2)20(4)25(21(5)19(17)3)31(29,30)27-15-13-23(14-16-27)26-24(28)12-11-22-9-7-6-8-10-22/h6-10,23H,11-16H2,1-5H3,(H,26,28). The van der Waals surface area contributed by atoms with Crippen molar-refractivity contribution in [3.05, 3.63) is 63.7 Å². The first-order chi connectivity index (χ1) is 14.6. The average Bonchev–Trinajstić information content (AvgIpc) is 2.76. The molecule has 168 valence electrons. The summed E-state index contributed by atoms with van der Waals surface area (Å²) in [6.07, 6.45) is 2.43. The van der Waals surface area contributed by atoms with E-state index < -0.39 is 10.0 Å². The molecule has 0 saturated carbocycles. The smallest absolute Gasteiger partial charge is 0.243 e. The number of amides is 1. The largest absolute Gasteiger partial charge is 0.353 e. The molecule has 0 bridgehead atoms. The molecule has 1 amide bonds. The number of sulfonamides is 1. The predicted octanol–water partition coefficient (Wildman–Crippen LogP) is 4.13. The van der Waals surface area contributed by atoms with Crippen molar-refractivity contribution in [2.75, 3.05) is 13.1 Å². The minimum atomic E-state index is -3.56. The number of carbonyl (C=O) groups is 1. The number of benzene rings is 2. The topological polar surface area (TPSA) is 66.5 Å². The van der Waals surface area contributed by atoms with Gasteiger partial charge in [0.1, 0.15) is 0 Å². The molecule has 0 atom stereocenters. The van der Waals surface area contributed by atoms with Crippen molar-refractivity contribution < 1.29 is 13.2 Å². The van der Waals surface area contributed by atoms with E-state index in [1.54, 1.807) is 4.31 Å². The number of carbonyl (C=O) groups excluding carboxylic acids is 1. The normalized spacial score (nSPS) is 15.8. The Morgan fingerprint density at radius 3 is 1.97 bits per heavy atom. The second-order valence-electron chi connectivity index (χ2n) is 8.69. The Hall–Kier alpha value is -2.18. The van der Waals surface area contributed by atoms with Gasteiger partial charge in [-0.25, -0.2) is 8.42 Å². The van der Waals surface area contributed by atoms with Crippen LogP contribution in [-0.4, -0.2) is 37.8 Å². The average molecular weight is 443 g/mol. The Labute approximate surface area is 186 Å². The van der Waals surface area contributed by atoms with Crippen LogP contribution in [-0.2, 0) is 21.2 Å². The summed E-state index contributed by atoms with van der Waals surface area (Å²) in [6.45, 7) is 10.7. The van der Waals surface area contributed by atoms with Gasteiger partial charge in [0, 0.05) is 25.6 Å². The molecule has 1 aliphatic rings. The molecule has 1 fully saturated rings. The molecule has 3 rings (SSSR count). The minimum Gasteiger partial charge on any atom is -0.353 e. The third kappa shape index (κ3) is 5.01. The lowest BCUT2D eigenvalue weighted by Crippen LogP contribution is -2.46. The molecule has 1 heterocycles. The summed E-state index contributed by atoms with van der Waals surface area (Å²) in [5.74, 6) is 0.0293. The van der Waals surface area contributed by atoms with Crippen LogP contribution in [0.25, 0.3) is 0 Å². The van der Waals surface area contributed by atoms with Crippen LogP contribution in [0.2, 0.25) is 0 Å². The van der Waals surface area contributed by atoms with E-state index in [1.807, 2.05) is 65.0 Å². The van der Waals surface area contributed by atoms with Gasteiger partial charge in [-0.05, 0) is 87.3 Å². The van der Waals surface area contributed by atoms with Gasteiger partial charge < -0.3 is 5.32 Å². The lowest BCUT2D eigenvalue weighted by molar-refractivity contribution is -0.122. The minimum absolute atomic E-state index is 0.0263. The highest BCUT2D eigenvalue weighted by Gasteiger charge is 2.33. The molecule has 0 unspecified atom stereocenters. The van der Waals surface area contributed by atoms with Gasteiger partial charge in [0.05, 0.1) is 4.90 Å². The zero-order chi connectivity index (χ0) is 22.8. The SMILES string of the molecule is Cc1c(C)c(C)c(S(=O)(=O)N2CCC(NC(=O)CCc3ccccc3)CC2)c(C)c1C. The summed E-state index contributed by atoms with van der Waals surface area (Å²) in [7, 11) is -3.56. The highest BCUT2D eigenvalue weighted by molar-refractivity contribution is 7.89. The predicted molar refractivity (Wildman–Crippen MR) is 125 cm³/mol. The zero-order valence-corrected chi connectivity index (χ0v) is 20.1. The molecule has 5 nitrogen and oxygen atoms in total. The number of nitrogens with zero attached hydrogens (tertiary/aromatic N) is 1. The number of hydrogen-bond donors (Lipinski definition) is 1. The molecule has 0 spiro atoms. The highest BCUT2D eigenvalue weighted by atomic mass is 32.2. The lowest BCUT2D eigenvalue weighted by atomic mass is 9.95. The Morgan fingerprint density at radius 1 is 0.903 bits per heavy atom. The van der Waals surface area contributed by atoms with Crippen molar-refractivity contribution in [3.8, 4) is 0 Å². The van der Waals surface area contributed by atoms with Gasteiger partial charge in [0.2, 0.25) is 15.9 Å². The molecule has 2 aromatic rings. The Balaban J connectivity index is 1.62. The summed E-state index contributed by atoms with van der Waals surface area (Å²) in [5, 5.41) is 3.09. The Morgan fingerprint density at radius 2 is 1.42 bits per heavy atom. The second-order valence-corrected chi connectivity index (χ2v) is 10.6. The summed E-state index contributed by atoms with van der Waals surface area (Å²) < 4.78 is 28.5. The lowest BCUT2D eigenvalue weighted by Gasteiger charge is -2.33. The molecular formula is C25H34N2O3S. The molecule has 1 aliphatic heterocycles. The molecule has 31 heavy (non-hydrogen) atoms. The fraction of sp³-hybridized carbons (Fsp3) is 0.480. The van der Waals surface area contributed by atoms with Gasteiger partial charge in [0.15, 0.2) is 0 Å². The van der Waals surface area contributed by atoms with Crippen LogP contribution in [0.4, 0.5) is 0 Å². The maximum Gasteiger partial charge on any atom is 0.243 e. The zero-order valence-electron chi connectivity index (χ0n) is 19.3. The van der Waals surface area contributed by atoms with E-state index in [-0.39, 0.29) is 11.9 Å². The van der Waals surface area contributed by atoms with Crippen LogP contribution < -0.4 is 5.32 Å². The molecule has 1 saturated heterocycles. The van der Waals surface area contributed by atoms with Gasteiger partial charge >= 0.3 is 0 Å². The van der Waals surface area contributed by atoms with Crippen molar-refractivity contribution in [2.24, 2.45) is 0 Å². The number of piperidine rings is 1. The van der Waals surface area contributed by atoms with Crippen molar-refractivity contribution in [2.45, 2.75) is 71.2 Å². The summed E-state index contributed by atoms with van der Waals surface area (Å²) in [4.78, 5) is 12.8. The van der Waals surface area contributed by atoms with Crippen LogP contribution in [0.1, 0.15) is 52.6 Å². The van der Waals surface area contributed by atoms with E-state index >= 15 is 0 Å². The van der Waals surface area contributed by atoms with Gasteiger partial charge in [-0.3, -0.25) is 4.79 Å². The van der Waals surface area contributed by atoms with Crippen molar-refractivity contribution in [1.29, 1.82) is 0 Å². The third-order valence-electron chi connectivity index (χ3n) is 6.83. The summed E-state index contributed by atoms with van der Waals surface area (Å²) in [6, 6.07) is 9.99. The van der Waals surface area contributed by atoms with Gasteiger partial charge in [-0.2, -0.15) is 4.31 Å². The molecule has 0 aromatic heterocycles. The number of nitrogens with one attached hydrogen (secondary N) is 1. The first-order valence-electron chi connectivity index (χ1n) is 11.0. The van der Waals surface area contributed by atoms with Gasteiger partial charge in [-0.1, -0.05) is 30.3 Å². The molecule has 0 radical (unpaired) electrons. The van der Waals surface area contributed by atoms with E-state index in [4.69, 9.17) is 0 Å². The Bertz CT molecular complexity index is 1020. The molecule has 1 N–H and O–H groups in total. The van der Waals surface area contributed by atoms with E-state index in [2.05, 4.69) is 5.32 Å². The fourth-order valence-corrected chi connectivity index (χ4v) is 6.45. The van der Waals surface area contributed by atoms with Crippen LogP contribution >= 0.6 is 0 Å². The quantitative estimate of drug-likeness (QED) is 0.731. The fourth-order valence-electron chi connectivity index (χ4n) is 4.42. The molecule has 2 aromatic carbocycles. The van der Waals surface area contributed by atoms with Crippen molar-refractivity contribution in [3.63, 3.8) is 0 Å². The maximum absolute atomic E-state index is 13.5. The van der Waals surface area contributed by atoms with Gasteiger partial charge in [-0.15, -0.1) is 0 Å². The first kappa shape index (κ1) is 23.5. The third-order valence-corrected chi connectivity index (χ3v) is 9.00. The monoisotopic (exact) mass is 442 g/mol. The summed E-state index contributed by atoms with van der Waals surface area (Å²) >= 11 is 0. The van der Waals surface area contributed by atoms with Crippen LogP contribution in [0.5, 0.6) is 0 Å². The van der Waals surface area contributed by atoms with Gasteiger partial charge in [0.25, 0.3) is 0 Å². The van der Waals surface area contributed by atoms with Crippen LogP contribution in [0.15, 0.2) is 35.2 Å². The van der Waals surface area contributed by atoms with E-state index in [9.17, 15) is 13.2 Å². The number of aryl methyl sites for hydroxylation is 1. The van der Waals surface area contributed by atoms with Crippen molar-refractivity contribution in [1.82, 2.24) is 9.62 Å². The maximum atomic E-state index is 13.5. The van der Waals surface area contributed by atoms with E-state index in [1.165, 1.54) is 0 Å². The molecule has 6 heteroatoms. The highest BCUT2D eigenvalue weighted by Crippen LogP contribution is 2.32. The molecule has 0 aliphatic carbocycles. The van der Waals surface area contributed by atoms with Crippen LogP contribution in [0.3, 0.4) is 0 Å². The Kier molecular flexibility index (Phi) is 7.22. The van der Waals surface area contributed by atoms with E-state index in [0.717, 1.165) is 33.4 Å². The summed E-state index contributed by atoms with van der Waals surface area (Å²) in [5.41, 5.74) is 6.08. The molecular weight excluding hydrogens is 408 g/mol. The first-order valence-corrected chi connectivity index (χ1v) is 12.5. The van der Waals surface area contributed by atoms with E-state index in [0.29, 0.717) is 43.7 Å².